The molecule has 0 heterocycles. The van der Waals surface area contributed by atoms with Crippen LogP contribution in [-0.2, 0) is 4.79 Å². The Morgan fingerprint density at radius 1 is 1.39 bits per heavy atom. The minimum absolute atomic E-state index is 0.0682. The Morgan fingerprint density at radius 2 is 2.00 bits per heavy atom. The molecule has 1 saturated carbocycles. The molecular weight excluding hydrogens is 247 g/mol. The van der Waals surface area contributed by atoms with E-state index in [2.05, 4.69) is 5.32 Å². The summed E-state index contributed by atoms with van der Waals surface area (Å²) in [4.78, 5) is 11.5. The highest BCUT2D eigenvalue weighted by Crippen LogP contribution is 2.37. The van der Waals surface area contributed by atoms with Crippen molar-refractivity contribution in [2.45, 2.75) is 63.8 Å². The van der Waals surface area contributed by atoms with Crippen LogP contribution in [0, 0.1) is 5.92 Å². The summed E-state index contributed by atoms with van der Waals surface area (Å²) >= 11 is 0. The quantitative estimate of drug-likeness (QED) is 0.821. The van der Waals surface area contributed by atoms with Gasteiger partial charge in [-0.1, -0.05) is 12.8 Å². The maximum atomic E-state index is 12.8. The first-order valence-corrected chi connectivity index (χ1v) is 6.35. The number of aliphatic hydroxyl groups excluding tert-OH is 1. The topological polar surface area (TPSA) is 49.3 Å². The highest BCUT2D eigenvalue weighted by atomic mass is 19.4. The van der Waals surface area contributed by atoms with E-state index in [1.807, 2.05) is 0 Å². The smallest absolute Gasteiger partial charge is 0.393 e. The molecule has 1 rings (SSSR count). The lowest BCUT2D eigenvalue weighted by molar-refractivity contribution is -0.189. The highest BCUT2D eigenvalue weighted by molar-refractivity contribution is 5.76. The first-order chi connectivity index (χ1) is 8.30. The summed E-state index contributed by atoms with van der Waals surface area (Å²) in [5.41, 5.74) is 0. The van der Waals surface area contributed by atoms with Gasteiger partial charge in [0.15, 0.2) is 0 Å². The van der Waals surface area contributed by atoms with Crippen molar-refractivity contribution in [2.24, 2.45) is 5.92 Å². The molecule has 0 aromatic heterocycles. The van der Waals surface area contributed by atoms with Gasteiger partial charge in [0.1, 0.15) is 0 Å². The molecule has 2 N–H and O–H groups in total. The molecule has 3 nitrogen and oxygen atoms in total. The van der Waals surface area contributed by atoms with Crippen LogP contribution in [0.3, 0.4) is 0 Å². The predicted octanol–water partition coefficient (Wildman–Crippen LogP) is 2.38. The maximum absolute atomic E-state index is 12.8. The Hall–Kier alpha value is -0.780. The molecule has 0 radical (unpaired) electrons. The number of aliphatic hydroxyl groups is 1. The minimum Gasteiger partial charge on any atom is -0.393 e. The SMILES string of the molecule is CC(O)CCC(=O)NC1CCCCC1C(F)(F)F. The molecule has 1 aliphatic rings. The second-order valence-corrected chi connectivity index (χ2v) is 4.99. The van der Waals surface area contributed by atoms with Crippen LogP contribution < -0.4 is 5.32 Å². The molecule has 0 aliphatic heterocycles. The van der Waals surface area contributed by atoms with Crippen molar-refractivity contribution in [3.63, 3.8) is 0 Å². The van der Waals surface area contributed by atoms with Gasteiger partial charge in [0.2, 0.25) is 5.91 Å². The molecule has 0 saturated heterocycles. The van der Waals surface area contributed by atoms with E-state index in [1.165, 1.54) is 0 Å². The monoisotopic (exact) mass is 267 g/mol. The zero-order valence-electron chi connectivity index (χ0n) is 10.5. The zero-order valence-corrected chi connectivity index (χ0v) is 10.5. The van der Waals surface area contributed by atoms with E-state index >= 15 is 0 Å². The Kier molecular flexibility index (Phi) is 5.44. The van der Waals surface area contributed by atoms with Crippen LogP contribution >= 0.6 is 0 Å². The van der Waals surface area contributed by atoms with Gasteiger partial charge < -0.3 is 10.4 Å². The molecule has 0 aromatic rings. The zero-order chi connectivity index (χ0) is 13.8. The van der Waals surface area contributed by atoms with Crippen molar-refractivity contribution in [1.82, 2.24) is 5.32 Å². The Labute approximate surface area is 105 Å². The van der Waals surface area contributed by atoms with Gasteiger partial charge in [0, 0.05) is 12.5 Å². The largest absolute Gasteiger partial charge is 0.393 e. The average molecular weight is 267 g/mol. The van der Waals surface area contributed by atoms with Crippen LogP contribution in [0.15, 0.2) is 0 Å². The fourth-order valence-corrected chi connectivity index (χ4v) is 2.31. The van der Waals surface area contributed by atoms with Gasteiger partial charge >= 0.3 is 6.18 Å². The predicted molar refractivity (Wildman–Crippen MR) is 60.9 cm³/mol. The van der Waals surface area contributed by atoms with Crippen LogP contribution in [0.4, 0.5) is 13.2 Å². The number of carbonyl (C=O) groups excluding carboxylic acids is 1. The van der Waals surface area contributed by atoms with Crippen molar-refractivity contribution in [1.29, 1.82) is 0 Å². The molecule has 3 unspecified atom stereocenters. The van der Waals surface area contributed by atoms with Crippen LogP contribution in [0.5, 0.6) is 0 Å². The van der Waals surface area contributed by atoms with Crippen molar-refractivity contribution >= 4 is 5.91 Å². The third-order valence-electron chi connectivity index (χ3n) is 3.32. The summed E-state index contributed by atoms with van der Waals surface area (Å²) in [7, 11) is 0. The summed E-state index contributed by atoms with van der Waals surface area (Å²) in [6.45, 7) is 1.55. The van der Waals surface area contributed by atoms with Gasteiger partial charge in [-0.05, 0) is 26.2 Å². The molecule has 0 aromatic carbocycles. The van der Waals surface area contributed by atoms with Gasteiger partial charge in [-0.15, -0.1) is 0 Å². The van der Waals surface area contributed by atoms with Crippen LogP contribution in [0.1, 0.15) is 45.4 Å². The first-order valence-electron chi connectivity index (χ1n) is 6.35. The molecule has 3 atom stereocenters. The van der Waals surface area contributed by atoms with E-state index < -0.39 is 30.1 Å². The summed E-state index contributed by atoms with van der Waals surface area (Å²) in [6, 6.07) is -0.805. The van der Waals surface area contributed by atoms with Crippen molar-refractivity contribution in [3.05, 3.63) is 0 Å². The molecule has 1 fully saturated rings. The van der Waals surface area contributed by atoms with Gasteiger partial charge in [-0.3, -0.25) is 4.79 Å². The molecular formula is C12H20F3NO2. The van der Waals surface area contributed by atoms with Crippen molar-refractivity contribution in [3.8, 4) is 0 Å². The summed E-state index contributed by atoms with van der Waals surface area (Å²) < 4.78 is 38.3. The third kappa shape index (κ3) is 4.84. The van der Waals surface area contributed by atoms with Crippen LogP contribution in [-0.4, -0.2) is 29.3 Å². The molecule has 1 amide bonds. The van der Waals surface area contributed by atoms with Crippen molar-refractivity contribution in [2.75, 3.05) is 0 Å². The number of rotatable bonds is 4. The number of amides is 1. The second-order valence-electron chi connectivity index (χ2n) is 4.99. The Bertz CT molecular complexity index is 279. The molecule has 1 aliphatic carbocycles. The molecule has 18 heavy (non-hydrogen) atoms. The van der Waals surface area contributed by atoms with E-state index in [9.17, 15) is 18.0 Å². The number of alkyl halides is 3. The van der Waals surface area contributed by atoms with Crippen molar-refractivity contribution < 1.29 is 23.1 Å². The second kappa shape index (κ2) is 6.41. The molecule has 0 spiro atoms. The standard InChI is InChI=1S/C12H20F3NO2/c1-8(17)6-7-11(18)16-10-5-3-2-4-9(10)12(13,14)15/h8-10,17H,2-7H2,1H3,(H,16,18). The van der Waals surface area contributed by atoms with E-state index in [4.69, 9.17) is 5.11 Å². The number of halogens is 3. The first kappa shape index (κ1) is 15.3. The lowest BCUT2D eigenvalue weighted by atomic mass is 9.84. The highest BCUT2D eigenvalue weighted by Gasteiger charge is 2.45. The normalized spacial score (nSPS) is 26.7. The fraction of sp³-hybridized carbons (Fsp3) is 0.917. The lowest BCUT2D eigenvalue weighted by Gasteiger charge is -2.33. The fourth-order valence-electron chi connectivity index (χ4n) is 2.31. The number of carbonyl (C=O) groups is 1. The number of nitrogens with one attached hydrogen (secondary N) is 1. The summed E-state index contributed by atoms with van der Waals surface area (Å²) in [5, 5.41) is 11.5. The summed E-state index contributed by atoms with van der Waals surface area (Å²) in [5.74, 6) is -1.83. The minimum atomic E-state index is -4.25. The number of hydrogen-bond donors (Lipinski definition) is 2. The molecule has 106 valence electrons. The van der Waals surface area contributed by atoms with Crippen LogP contribution in [0.2, 0.25) is 0 Å². The maximum Gasteiger partial charge on any atom is 0.393 e. The Morgan fingerprint density at radius 3 is 2.56 bits per heavy atom. The molecule has 0 bridgehead atoms. The van der Waals surface area contributed by atoms with Crippen LogP contribution in [0.25, 0.3) is 0 Å². The summed E-state index contributed by atoms with van der Waals surface area (Å²) in [6.07, 6.45) is -2.77. The third-order valence-corrected chi connectivity index (χ3v) is 3.32. The van der Waals surface area contributed by atoms with Gasteiger partial charge in [-0.2, -0.15) is 13.2 Å². The van der Waals surface area contributed by atoms with E-state index in [0.717, 1.165) is 0 Å². The van der Waals surface area contributed by atoms with Gasteiger partial charge in [0.05, 0.1) is 12.0 Å². The Balaban J connectivity index is 2.49. The lowest BCUT2D eigenvalue weighted by Crippen LogP contribution is -2.47. The van der Waals surface area contributed by atoms with E-state index in [-0.39, 0.29) is 19.3 Å². The average Bonchev–Trinajstić information content (AvgIpc) is 2.25. The molecule has 6 heteroatoms. The van der Waals surface area contributed by atoms with E-state index in [0.29, 0.717) is 19.3 Å². The number of hydrogen-bond acceptors (Lipinski definition) is 2. The van der Waals surface area contributed by atoms with E-state index in [1.54, 1.807) is 6.92 Å². The van der Waals surface area contributed by atoms with Gasteiger partial charge in [-0.25, -0.2) is 0 Å². The van der Waals surface area contributed by atoms with Gasteiger partial charge in [0.25, 0.3) is 0 Å².